The number of imidazole rings is 1. The maximum absolute atomic E-state index is 13.4. The van der Waals surface area contributed by atoms with Crippen molar-refractivity contribution in [1.82, 2.24) is 18.7 Å². The second-order valence-electron chi connectivity index (χ2n) is 7.42. The zero-order valence-electron chi connectivity index (χ0n) is 18.1. The van der Waals surface area contributed by atoms with Crippen molar-refractivity contribution < 1.29 is 9.53 Å². The SMILES string of the molecule is COc1ccc(N(Cc2ccccc2)C(=O)Cn2c(=O)c3c(ncn3C)n(C)c2=O)cc1. The molecule has 0 radical (unpaired) electrons. The summed E-state index contributed by atoms with van der Waals surface area (Å²) in [6, 6.07) is 16.6. The van der Waals surface area contributed by atoms with Crippen molar-refractivity contribution in [3.05, 3.63) is 87.3 Å². The molecular formula is C23H23N5O4. The number of carbonyl (C=O) groups excluding carboxylic acids is 1. The van der Waals surface area contributed by atoms with Crippen LogP contribution < -0.4 is 20.9 Å². The first-order valence-electron chi connectivity index (χ1n) is 10.00. The molecule has 0 saturated heterocycles. The van der Waals surface area contributed by atoms with E-state index in [1.54, 1.807) is 47.9 Å². The molecule has 2 heterocycles. The summed E-state index contributed by atoms with van der Waals surface area (Å²) in [4.78, 5) is 44.9. The first kappa shape index (κ1) is 21.1. The summed E-state index contributed by atoms with van der Waals surface area (Å²) >= 11 is 0. The Hall–Kier alpha value is -4.14. The van der Waals surface area contributed by atoms with Gasteiger partial charge < -0.3 is 14.2 Å². The highest BCUT2D eigenvalue weighted by Crippen LogP contribution is 2.22. The summed E-state index contributed by atoms with van der Waals surface area (Å²) in [5.41, 5.74) is 0.946. The van der Waals surface area contributed by atoms with Crippen LogP contribution in [-0.2, 0) is 32.0 Å². The third-order valence-corrected chi connectivity index (χ3v) is 5.36. The Balaban J connectivity index is 1.75. The Morgan fingerprint density at radius 3 is 2.38 bits per heavy atom. The molecule has 0 aliphatic rings. The Morgan fingerprint density at radius 1 is 1.03 bits per heavy atom. The lowest BCUT2D eigenvalue weighted by Crippen LogP contribution is -2.44. The van der Waals surface area contributed by atoms with E-state index >= 15 is 0 Å². The number of aromatic nitrogens is 4. The topological polar surface area (TPSA) is 91.4 Å². The van der Waals surface area contributed by atoms with Crippen molar-refractivity contribution in [2.45, 2.75) is 13.1 Å². The zero-order valence-corrected chi connectivity index (χ0v) is 18.1. The molecule has 0 fully saturated rings. The highest BCUT2D eigenvalue weighted by molar-refractivity contribution is 5.93. The summed E-state index contributed by atoms with van der Waals surface area (Å²) in [6.45, 7) is -0.111. The van der Waals surface area contributed by atoms with Gasteiger partial charge in [-0.15, -0.1) is 0 Å². The molecule has 164 valence electrons. The molecule has 0 unspecified atom stereocenters. The van der Waals surface area contributed by atoms with E-state index in [2.05, 4.69) is 4.98 Å². The summed E-state index contributed by atoms with van der Waals surface area (Å²) in [7, 11) is 4.77. The van der Waals surface area contributed by atoms with Crippen molar-refractivity contribution in [3.8, 4) is 5.75 Å². The Kier molecular flexibility index (Phi) is 5.63. The van der Waals surface area contributed by atoms with Gasteiger partial charge in [-0.25, -0.2) is 14.3 Å². The average molecular weight is 433 g/mol. The summed E-state index contributed by atoms with van der Waals surface area (Å²) < 4.78 is 8.99. The van der Waals surface area contributed by atoms with E-state index in [-0.39, 0.29) is 23.6 Å². The number of methoxy groups -OCH3 is 1. The lowest BCUT2D eigenvalue weighted by Gasteiger charge is -2.24. The van der Waals surface area contributed by atoms with Gasteiger partial charge in [-0.2, -0.15) is 0 Å². The van der Waals surface area contributed by atoms with Gasteiger partial charge in [0.05, 0.1) is 20.0 Å². The molecule has 0 aliphatic heterocycles. The third kappa shape index (κ3) is 3.80. The molecule has 4 rings (SSSR count). The summed E-state index contributed by atoms with van der Waals surface area (Å²) in [6.07, 6.45) is 1.47. The fraction of sp³-hybridized carbons (Fsp3) is 0.217. The molecule has 9 heteroatoms. The van der Waals surface area contributed by atoms with Crippen LogP contribution in [0.5, 0.6) is 5.75 Å². The van der Waals surface area contributed by atoms with Crippen LogP contribution in [0.4, 0.5) is 5.69 Å². The van der Waals surface area contributed by atoms with Crippen LogP contribution in [0.3, 0.4) is 0 Å². The van der Waals surface area contributed by atoms with E-state index in [0.717, 1.165) is 10.1 Å². The highest BCUT2D eigenvalue weighted by atomic mass is 16.5. The quantitative estimate of drug-likeness (QED) is 0.461. The minimum Gasteiger partial charge on any atom is -0.497 e. The van der Waals surface area contributed by atoms with Crippen molar-refractivity contribution in [2.24, 2.45) is 14.1 Å². The normalized spacial score (nSPS) is 11.0. The number of nitrogens with zero attached hydrogens (tertiary/aromatic N) is 5. The van der Waals surface area contributed by atoms with Crippen molar-refractivity contribution in [3.63, 3.8) is 0 Å². The average Bonchev–Trinajstić information content (AvgIpc) is 3.21. The summed E-state index contributed by atoms with van der Waals surface area (Å²) in [5, 5.41) is 0. The van der Waals surface area contributed by atoms with Crippen LogP contribution in [0.15, 0.2) is 70.5 Å². The van der Waals surface area contributed by atoms with Gasteiger partial charge in [-0.1, -0.05) is 30.3 Å². The van der Waals surface area contributed by atoms with E-state index in [0.29, 0.717) is 11.4 Å². The number of anilines is 1. The van der Waals surface area contributed by atoms with Crippen molar-refractivity contribution in [2.75, 3.05) is 12.0 Å². The minimum absolute atomic E-state index is 0.263. The number of carbonyl (C=O) groups is 1. The maximum Gasteiger partial charge on any atom is 0.332 e. The second kappa shape index (κ2) is 8.54. The molecule has 1 amide bonds. The molecule has 2 aromatic heterocycles. The first-order valence-corrected chi connectivity index (χ1v) is 10.00. The number of ether oxygens (including phenoxy) is 1. The molecule has 9 nitrogen and oxygen atoms in total. The third-order valence-electron chi connectivity index (χ3n) is 5.36. The van der Waals surface area contributed by atoms with Crippen molar-refractivity contribution in [1.29, 1.82) is 0 Å². The van der Waals surface area contributed by atoms with Gasteiger partial charge in [-0.3, -0.25) is 14.2 Å². The Morgan fingerprint density at radius 2 is 1.72 bits per heavy atom. The lowest BCUT2D eigenvalue weighted by atomic mass is 10.2. The predicted octanol–water partition coefficient (Wildman–Crippen LogP) is 1.68. The molecule has 0 saturated carbocycles. The number of hydrogen-bond donors (Lipinski definition) is 0. The van der Waals surface area contributed by atoms with Gasteiger partial charge in [0, 0.05) is 19.8 Å². The maximum atomic E-state index is 13.4. The van der Waals surface area contributed by atoms with E-state index < -0.39 is 17.8 Å². The van der Waals surface area contributed by atoms with Crippen LogP contribution in [0, 0.1) is 0 Å². The van der Waals surface area contributed by atoms with Gasteiger partial charge >= 0.3 is 5.69 Å². The van der Waals surface area contributed by atoms with Gasteiger partial charge in [0.2, 0.25) is 5.91 Å². The number of amides is 1. The first-order chi connectivity index (χ1) is 15.4. The number of fused-ring (bicyclic) bond motifs is 1. The van der Waals surface area contributed by atoms with E-state index in [4.69, 9.17) is 4.74 Å². The van der Waals surface area contributed by atoms with E-state index in [1.807, 2.05) is 30.3 Å². The monoisotopic (exact) mass is 433 g/mol. The van der Waals surface area contributed by atoms with Crippen LogP contribution in [0.2, 0.25) is 0 Å². The number of benzene rings is 2. The molecule has 0 aliphatic carbocycles. The van der Waals surface area contributed by atoms with Crippen LogP contribution in [0.25, 0.3) is 11.2 Å². The van der Waals surface area contributed by atoms with Gasteiger partial charge in [0.15, 0.2) is 11.2 Å². The second-order valence-corrected chi connectivity index (χ2v) is 7.42. The number of rotatable bonds is 6. The smallest absolute Gasteiger partial charge is 0.332 e. The summed E-state index contributed by atoms with van der Waals surface area (Å²) in [5.74, 6) is 0.271. The number of hydrogen-bond acceptors (Lipinski definition) is 5. The molecule has 0 atom stereocenters. The molecule has 0 N–H and O–H groups in total. The highest BCUT2D eigenvalue weighted by Gasteiger charge is 2.21. The van der Waals surface area contributed by atoms with Crippen LogP contribution in [-0.4, -0.2) is 31.7 Å². The standard InChI is InChI=1S/C23H23N5O4/c1-25-15-24-21-20(25)22(30)28(23(31)26(21)2)14-19(29)27(13-16-7-5-4-6-8-16)17-9-11-18(32-3)12-10-17/h4-12,15H,13-14H2,1-3H3. The van der Waals surface area contributed by atoms with E-state index in [1.165, 1.54) is 17.9 Å². The molecule has 0 spiro atoms. The van der Waals surface area contributed by atoms with Crippen LogP contribution >= 0.6 is 0 Å². The van der Waals surface area contributed by atoms with E-state index in [9.17, 15) is 14.4 Å². The largest absolute Gasteiger partial charge is 0.497 e. The van der Waals surface area contributed by atoms with Crippen LogP contribution in [0.1, 0.15) is 5.56 Å². The Bertz CT molecular complexity index is 1380. The Labute approximate surface area is 183 Å². The van der Waals surface area contributed by atoms with Gasteiger partial charge in [0.1, 0.15) is 12.3 Å². The van der Waals surface area contributed by atoms with Gasteiger partial charge in [0.25, 0.3) is 5.56 Å². The fourth-order valence-electron chi connectivity index (χ4n) is 3.61. The molecular weight excluding hydrogens is 410 g/mol. The lowest BCUT2D eigenvalue weighted by molar-refractivity contribution is -0.119. The van der Waals surface area contributed by atoms with Gasteiger partial charge in [-0.05, 0) is 29.8 Å². The van der Waals surface area contributed by atoms with Crippen molar-refractivity contribution >= 4 is 22.8 Å². The molecule has 0 bridgehead atoms. The molecule has 32 heavy (non-hydrogen) atoms. The zero-order chi connectivity index (χ0) is 22.8. The fourth-order valence-corrected chi connectivity index (χ4v) is 3.61. The molecule has 2 aromatic carbocycles. The molecule has 4 aromatic rings. The number of aryl methyl sites for hydroxylation is 2. The predicted molar refractivity (Wildman–Crippen MR) is 121 cm³/mol. The minimum atomic E-state index is -0.594.